The van der Waals surface area contributed by atoms with Gasteiger partial charge in [0.05, 0.1) is 20.1 Å². The first-order chi connectivity index (χ1) is 17.5. The Hall–Kier alpha value is -3.90. The van der Waals surface area contributed by atoms with E-state index in [-0.39, 0.29) is 24.8 Å². The number of hydrogen-bond acceptors (Lipinski definition) is 4. The number of methoxy groups -OCH3 is 1. The fourth-order valence-corrected chi connectivity index (χ4v) is 4.80. The second kappa shape index (κ2) is 12.2. The minimum atomic E-state index is -0.799. The number of aryl methyl sites for hydroxylation is 1. The smallest absolute Gasteiger partial charge is 0.247 e. The maximum Gasteiger partial charge on any atom is 0.247 e. The highest BCUT2D eigenvalue weighted by atomic mass is 32.1. The Morgan fingerprint density at radius 1 is 0.917 bits per heavy atom. The molecule has 0 saturated heterocycles. The summed E-state index contributed by atoms with van der Waals surface area (Å²) in [7, 11) is 1.61. The van der Waals surface area contributed by atoms with E-state index in [4.69, 9.17) is 4.74 Å². The highest BCUT2D eigenvalue weighted by Crippen LogP contribution is 2.29. The Labute approximate surface area is 216 Å². The van der Waals surface area contributed by atoms with E-state index in [1.807, 2.05) is 103 Å². The number of ether oxygens (including phenoxy) is 1. The summed E-state index contributed by atoms with van der Waals surface area (Å²) in [5.41, 5.74) is 3.69. The normalized spacial score (nSPS) is 11.5. The predicted octanol–water partition coefficient (Wildman–Crippen LogP) is 5.69. The van der Waals surface area contributed by atoms with Crippen molar-refractivity contribution in [1.82, 2.24) is 10.2 Å². The van der Waals surface area contributed by atoms with Crippen molar-refractivity contribution in [1.29, 1.82) is 0 Å². The maximum atomic E-state index is 13.8. The lowest BCUT2D eigenvalue weighted by Gasteiger charge is -2.32. The number of thiophene rings is 1. The van der Waals surface area contributed by atoms with Crippen LogP contribution in [-0.4, -0.2) is 23.8 Å². The zero-order valence-corrected chi connectivity index (χ0v) is 21.3. The van der Waals surface area contributed by atoms with E-state index in [1.165, 1.54) is 11.3 Å². The number of carbonyl (C=O) groups excluding carboxylic acids is 2. The number of amides is 2. The van der Waals surface area contributed by atoms with Gasteiger partial charge in [-0.1, -0.05) is 84.4 Å². The molecule has 0 radical (unpaired) electrons. The highest BCUT2D eigenvalue weighted by molar-refractivity contribution is 7.10. The molecule has 4 aromatic rings. The average molecular weight is 499 g/mol. The molecule has 1 atom stereocenters. The SMILES string of the molecule is COc1ccccc1CN(C(=O)Cc1cccs1)[C@@H](C(=O)NCc1ccccc1)c1ccc(C)cc1. The van der Waals surface area contributed by atoms with Gasteiger partial charge in [0.1, 0.15) is 11.8 Å². The molecule has 4 rings (SSSR count). The summed E-state index contributed by atoms with van der Waals surface area (Å²) in [6.07, 6.45) is 0.223. The minimum absolute atomic E-state index is 0.121. The van der Waals surface area contributed by atoms with Gasteiger partial charge in [-0.3, -0.25) is 9.59 Å². The van der Waals surface area contributed by atoms with Crippen LogP contribution in [0.2, 0.25) is 0 Å². The third-order valence-corrected chi connectivity index (χ3v) is 6.90. The first-order valence-corrected chi connectivity index (χ1v) is 12.7. The van der Waals surface area contributed by atoms with Crippen molar-refractivity contribution in [3.05, 3.63) is 124 Å². The summed E-state index contributed by atoms with van der Waals surface area (Å²) in [5, 5.41) is 5.01. The first kappa shape index (κ1) is 25.2. The Balaban J connectivity index is 1.71. The van der Waals surface area contributed by atoms with Crippen LogP contribution in [0.15, 0.2) is 96.4 Å². The molecule has 0 aliphatic heterocycles. The molecule has 6 heteroatoms. The number of benzene rings is 3. The van der Waals surface area contributed by atoms with Crippen molar-refractivity contribution in [2.75, 3.05) is 7.11 Å². The Kier molecular flexibility index (Phi) is 8.53. The van der Waals surface area contributed by atoms with Crippen LogP contribution in [0.1, 0.15) is 33.2 Å². The molecule has 0 spiro atoms. The third-order valence-electron chi connectivity index (χ3n) is 6.02. The van der Waals surface area contributed by atoms with E-state index in [9.17, 15) is 9.59 Å². The molecule has 2 amide bonds. The van der Waals surface area contributed by atoms with Gasteiger partial charge in [-0.05, 0) is 35.6 Å². The van der Waals surface area contributed by atoms with Crippen LogP contribution < -0.4 is 10.1 Å². The molecule has 0 bridgehead atoms. The summed E-state index contributed by atoms with van der Waals surface area (Å²) < 4.78 is 5.56. The Morgan fingerprint density at radius 3 is 2.33 bits per heavy atom. The molecule has 3 aromatic carbocycles. The van der Waals surface area contributed by atoms with E-state index in [2.05, 4.69) is 5.32 Å². The summed E-state index contributed by atoms with van der Waals surface area (Å²) >= 11 is 1.54. The van der Waals surface area contributed by atoms with Crippen LogP contribution in [0.25, 0.3) is 0 Å². The van der Waals surface area contributed by atoms with Gasteiger partial charge in [0.2, 0.25) is 11.8 Å². The van der Waals surface area contributed by atoms with Gasteiger partial charge in [0.25, 0.3) is 0 Å². The van der Waals surface area contributed by atoms with Gasteiger partial charge in [-0.15, -0.1) is 11.3 Å². The van der Waals surface area contributed by atoms with Crippen LogP contribution in [0.3, 0.4) is 0 Å². The molecule has 5 nitrogen and oxygen atoms in total. The molecule has 1 heterocycles. The number of para-hydroxylation sites is 1. The molecule has 0 saturated carbocycles. The number of nitrogens with one attached hydrogen (secondary N) is 1. The predicted molar refractivity (Wildman–Crippen MR) is 144 cm³/mol. The third kappa shape index (κ3) is 6.40. The summed E-state index contributed by atoms with van der Waals surface area (Å²) in [5.74, 6) is 0.333. The number of nitrogens with zero attached hydrogens (tertiary/aromatic N) is 1. The largest absolute Gasteiger partial charge is 0.496 e. The summed E-state index contributed by atoms with van der Waals surface area (Å²) in [6, 6.07) is 28.2. The fraction of sp³-hybridized carbons (Fsp3) is 0.200. The summed E-state index contributed by atoms with van der Waals surface area (Å²) in [6.45, 7) is 2.62. The molecule has 1 aromatic heterocycles. The van der Waals surface area contributed by atoms with Gasteiger partial charge < -0.3 is 15.0 Å². The van der Waals surface area contributed by atoms with Crippen molar-refractivity contribution in [3.63, 3.8) is 0 Å². The van der Waals surface area contributed by atoms with Gasteiger partial charge in [-0.2, -0.15) is 0 Å². The van der Waals surface area contributed by atoms with Gasteiger partial charge in [0, 0.05) is 17.0 Å². The van der Waals surface area contributed by atoms with E-state index in [0.717, 1.165) is 27.1 Å². The topological polar surface area (TPSA) is 58.6 Å². The molecule has 0 fully saturated rings. The van der Waals surface area contributed by atoms with Gasteiger partial charge in [-0.25, -0.2) is 0 Å². The lowest BCUT2D eigenvalue weighted by atomic mass is 10.0. The number of carbonyl (C=O) groups is 2. The Bertz CT molecular complexity index is 1270. The zero-order chi connectivity index (χ0) is 25.3. The van der Waals surface area contributed by atoms with E-state index in [1.54, 1.807) is 12.0 Å². The van der Waals surface area contributed by atoms with Crippen LogP contribution in [0, 0.1) is 6.92 Å². The van der Waals surface area contributed by atoms with E-state index in [0.29, 0.717) is 12.3 Å². The first-order valence-electron chi connectivity index (χ1n) is 11.9. The molecular weight excluding hydrogens is 468 g/mol. The molecule has 0 aliphatic carbocycles. The maximum absolute atomic E-state index is 13.8. The lowest BCUT2D eigenvalue weighted by Crippen LogP contribution is -2.43. The lowest BCUT2D eigenvalue weighted by molar-refractivity contribution is -0.141. The monoisotopic (exact) mass is 498 g/mol. The minimum Gasteiger partial charge on any atom is -0.496 e. The second-order valence-corrected chi connectivity index (χ2v) is 9.64. The molecular formula is C30H30N2O3S. The van der Waals surface area contributed by atoms with Crippen LogP contribution in [0.4, 0.5) is 0 Å². The number of hydrogen-bond donors (Lipinski definition) is 1. The Morgan fingerprint density at radius 2 is 1.64 bits per heavy atom. The van der Waals surface area contributed by atoms with Gasteiger partial charge in [0.15, 0.2) is 0 Å². The molecule has 0 aliphatic rings. The van der Waals surface area contributed by atoms with Crippen LogP contribution in [-0.2, 0) is 29.1 Å². The quantitative estimate of drug-likeness (QED) is 0.305. The van der Waals surface area contributed by atoms with Crippen molar-refractivity contribution < 1.29 is 14.3 Å². The molecule has 0 unspecified atom stereocenters. The standard InChI is InChI=1S/C30H30N2O3S/c1-22-14-16-24(17-15-22)29(30(34)31-20-23-9-4-3-5-10-23)32(28(33)19-26-12-8-18-36-26)21-25-11-6-7-13-27(25)35-2/h3-18,29H,19-21H2,1-2H3,(H,31,34)/t29-/m1/s1. The summed E-state index contributed by atoms with van der Waals surface area (Å²) in [4.78, 5) is 30.2. The van der Waals surface area contributed by atoms with Gasteiger partial charge >= 0.3 is 0 Å². The fourth-order valence-electron chi connectivity index (χ4n) is 4.11. The second-order valence-electron chi connectivity index (χ2n) is 8.61. The van der Waals surface area contributed by atoms with Crippen molar-refractivity contribution in [2.45, 2.75) is 32.5 Å². The molecule has 36 heavy (non-hydrogen) atoms. The highest BCUT2D eigenvalue weighted by Gasteiger charge is 2.32. The van der Waals surface area contributed by atoms with E-state index < -0.39 is 6.04 Å². The molecule has 1 N–H and O–H groups in total. The van der Waals surface area contributed by atoms with Crippen molar-refractivity contribution in [2.24, 2.45) is 0 Å². The zero-order valence-electron chi connectivity index (χ0n) is 20.5. The average Bonchev–Trinajstić information content (AvgIpc) is 3.42. The molecule has 184 valence electrons. The van der Waals surface area contributed by atoms with Crippen molar-refractivity contribution in [3.8, 4) is 5.75 Å². The van der Waals surface area contributed by atoms with Crippen LogP contribution in [0.5, 0.6) is 5.75 Å². The van der Waals surface area contributed by atoms with E-state index >= 15 is 0 Å². The van der Waals surface area contributed by atoms with Crippen LogP contribution >= 0.6 is 11.3 Å². The number of rotatable bonds is 10. The van der Waals surface area contributed by atoms with Crippen molar-refractivity contribution >= 4 is 23.2 Å².